The molecule has 0 bridgehead atoms. The third-order valence-electron chi connectivity index (χ3n) is 4.24. The van der Waals surface area contributed by atoms with Crippen molar-refractivity contribution in [3.8, 4) is 0 Å². The maximum absolute atomic E-state index is 13.4. The Morgan fingerprint density at radius 3 is 2.00 bits per heavy atom. The zero-order valence-electron chi connectivity index (χ0n) is 13.8. The van der Waals surface area contributed by atoms with E-state index in [4.69, 9.17) is 0 Å². The first-order chi connectivity index (χ1) is 9.84. The Balaban J connectivity index is 3.00. The van der Waals surface area contributed by atoms with E-state index >= 15 is 0 Å². The van der Waals surface area contributed by atoms with Gasteiger partial charge in [0.15, 0.2) is 0 Å². The summed E-state index contributed by atoms with van der Waals surface area (Å²) in [5.41, 5.74) is 0.598. The van der Waals surface area contributed by atoms with Crippen LogP contribution >= 0.6 is 0 Å². The largest absolute Gasteiger partial charge is 0.312 e. The summed E-state index contributed by atoms with van der Waals surface area (Å²) in [6.07, 6.45) is 0.603. The van der Waals surface area contributed by atoms with Crippen molar-refractivity contribution in [2.75, 3.05) is 19.6 Å². The van der Waals surface area contributed by atoms with Gasteiger partial charge in [0.2, 0.25) is 0 Å². The summed E-state index contributed by atoms with van der Waals surface area (Å²) < 4.78 is 26.8. The van der Waals surface area contributed by atoms with Gasteiger partial charge in [-0.05, 0) is 57.6 Å². The van der Waals surface area contributed by atoms with E-state index in [9.17, 15) is 8.78 Å². The zero-order chi connectivity index (χ0) is 16.0. The van der Waals surface area contributed by atoms with E-state index in [0.29, 0.717) is 12.0 Å². The molecule has 1 rings (SSSR count). The van der Waals surface area contributed by atoms with Crippen LogP contribution in [0.1, 0.15) is 40.2 Å². The van der Waals surface area contributed by atoms with Gasteiger partial charge in [-0.25, -0.2) is 8.78 Å². The van der Waals surface area contributed by atoms with Crippen molar-refractivity contribution < 1.29 is 8.78 Å². The molecule has 1 aromatic rings. The quantitative estimate of drug-likeness (QED) is 0.789. The van der Waals surface area contributed by atoms with Crippen molar-refractivity contribution in [3.05, 3.63) is 35.4 Å². The second-order valence-electron chi connectivity index (χ2n) is 5.92. The molecule has 0 heterocycles. The number of rotatable bonds is 8. The number of halogens is 2. The predicted molar refractivity (Wildman–Crippen MR) is 84.5 cm³/mol. The first kappa shape index (κ1) is 18.1. The Hall–Kier alpha value is -1.00. The molecule has 0 saturated carbocycles. The van der Waals surface area contributed by atoms with Crippen LogP contribution in [0.4, 0.5) is 8.78 Å². The molecule has 0 aliphatic heterocycles. The van der Waals surface area contributed by atoms with E-state index in [-0.39, 0.29) is 11.6 Å². The zero-order valence-corrected chi connectivity index (χ0v) is 13.8. The SMILES string of the molecule is CCNC(Cc1cc(F)cc(F)c1)C(C)(C)N(CC)CC. The highest BCUT2D eigenvalue weighted by Crippen LogP contribution is 2.23. The van der Waals surface area contributed by atoms with E-state index in [2.05, 4.69) is 44.8 Å². The van der Waals surface area contributed by atoms with Crippen molar-refractivity contribution >= 4 is 0 Å². The molecule has 120 valence electrons. The van der Waals surface area contributed by atoms with Crippen molar-refractivity contribution in [1.29, 1.82) is 0 Å². The highest BCUT2D eigenvalue weighted by Gasteiger charge is 2.33. The standard InChI is InChI=1S/C17H28F2N2/c1-6-20-16(17(4,5)21(7-2)8-3)11-13-9-14(18)12-15(19)10-13/h9-10,12,16,20H,6-8,11H2,1-5H3. The molecule has 4 heteroatoms. The maximum atomic E-state index is 13.4. The molecule has 1 aromatic carbocycles. The number of likely N-dealkylation sites (N-methyl/N-ethyl adjacent to an activating group) is 2. The fraction of sp³-hybridized carbons (Fsp3) is 0.647. The molecule has 2 nitrogen and oxygen atoms in total. The van der Waals surface area contributed by atoms with Crippen LogP contribution in [0.2, 0.25) is 0 Å². The van der Waals surface area contributed by atoms with Crippen molar-refractivity contribution in [2.24, 2.45) is 0 Å². The topological polar surface area (TPSA) is 15.3 Å². The molecule has 0 saturated heterocycles. The number of hydrogen-bond acceptors (Lipinski definition) is 2. The monoisotopic (exact) mass is 298 g/mol. The average Bonchev–Trinajstić information content (AvgIpc) is 2.38. The van der Waals surface area contributed by atoms with Gasteiger partial charge >= 0.3 is 0 Å². The second-order valence-corrected chi connectivity index (χ2v) is 5.92. The van der Waals surface area contributed by atoms with Crippen LogP contribution in [0.25, 0.3) is 0 Å². The Kier molecular flexibility index (Phi) is 6.75. The second kappa shape index (κ2) is 7.85. The van der Waals surface area contributed by atoms with Gasteiger partial charge in [-0.1, -0.05) is 20.8 Å². The van der Waals surface area contributed by atoms with E-state index in [1.807, 2.05) is 0 Å². The smallest absolute Gasteiger partial charge is 0.126 e. The minimum absolute atomic E-state index is 0.0949. The maximum Gasteiger partial charge on any atom is 0.126 e. The minimum Gasteiger partial charge on any atom is -0.312 e. The summed E-state index contributed by atoms with van der Waals surface area (Å²) >= 11 is 0. The Bertz CT molecular complexity index is 422. The molecule has 0 radical (unpaired) electrons. The number of nitrogens with one attached hydrogen (secondary N) is 1. The summed E-state index contributed by atoms with van der Waals surface area (Å²) in [5.74, 6) is -1.03. The molecule has 1 N–H and O–H groups in total. The lowest BCUT2D eigenvalue weighted by molar-refractivity contribution is 0.0917. The predicted octanol–water partition coefficient (Wildman–Crippen LogP) is 3.61. The summed E-state index contributed by atoms with van der Waals surface area (Å²) in [6.45, 7) is 13.4. The fourth-order valence-electron chi connectivity index (χ4n) is 3.04. The molecule has 21 heavy (non-hydrogen) atoms. The average molecular weight is 298 g/mol. The molecule has 0 amide bonds. The first-order valence-corrected chi connectivity index (χ1v) is 7.78. The molecule has 0 aromatic heterocycles. The molecular weight excluding hydrogens is 270 g/mol. The van der Waals surface area contributed by atoms with Crippen LogP contribution in [0.15, 0.2) is 18.2 Å². The Morgan fingerprint density at radius 2 is 1.57 bits per heavy atom. The van der Waals surface area contributed by atoms with Crippen LogP contribution in [-0.2, 0) is 6.42 Å². The van der Waals surface area contributed by atoms with Gasteiger partial charge in [0.25, 0.3) is 0 Å². The fourth-order valence-corrected chi connectivity index (χ4v) is 3.04. The molecule has 0 fully saturated rings. The number of benzene rings is 1. The van der Waals surface area contributed by atoms with Crippen molar-refractivity contribution in [3.63, 3.8) is 0 Å². The van der Waals surface area contributed by atoms with Gasteiger partial charge < -0.3 is 5.32 Å². The summed E-state index contributed by atoms with van der Waals surface area (Å²) in [5, 5.41) is 3.47. The van der Waals surface area contributed by atoms with Gasteiger partial charge in [0.1, 0.15) is 11.6 Å². The summed E-state index contributed by atoms with van der Waals surface area (Å²) in [6, 6.07) is 3.89. The Labute approximate surface area is 127 Å². The third kappa shape index (κ3) is 4.75. The van der Waals surface area contributed by atoms with Crippen LogP contribution in [-0.4, -0.2) is 36.1 Å². The number of nitrogens with zero attached hydrogens (tertiary/aromatic N) is 1. The molecule has 1 atom stereocenters. The van der Waals surface area contributed by atoms with Gasteiger partial charge in [-0.2, -0.15) is 0 Å². The van der Waals surface area contributed by atoms with Crippen molar-refractivity contribution in [2.45, 2.75) is 52.6 Å². The summed E-state index contributed by atoms with van der Waals surface area (Å²) in [7, 11) is 0. The summed E-state index contributed by atoms with van der Waals surface area (Å²) in [4.78, 5) is 2.37. The van der Waals surface area contributed by atoms with E-state index < -0.39 is 11.6 Å². The van der Waals surface area contributed by atoms with Gasteiger partial charge in [0.05, 0.1) is 0 Å². The lowest BCUT2D eigenvalue weighted by Crippen LogP contribution is -2.58. The highest BCUT2D eigenvalue weighted by molar-refractivity contribution is 5.20. The lowest BCUT2D eigenvalue weighted by atomic mass is 9.87. The van der Waals surface area contributed by atoms with Crippen molar-refractivity contribution in [1.82, 2.24) is 10.2 Å². The van der Waals surface area contributed by atoms with Gasteiger partial charge in [-0.3, -0.25) is 4.90 Å². The molecular formula is C17H28F2N2. The molecule has 1 unspecified atom stereocenters. The van der Waals surface area contributed by atoms with E-state index in [0.717, 1.165) is 25.7 Å². The van der Waals surface area contributed by atoms with Gasteiger partial charge in [-0.15, -0.1) is 0 Å². The first-order valence-electron chi connectivity index (χ1n) is 7.78. The van der Waals surface area contributed by atoms with Crippen LogP contribution < -0.4 is 5.32 Å². The molecule has 0 aliphatic rings. The third-order valence-corrected chi connectivity index (χ3v) is 4.24. The lowest BCUT2D eigenvalue weighted by Gasteiger charge is -2.44. The highest BCUT2D eigenvalue weighted by atomic mass is 19.1. The van der Waals surface area contributed by atoms with Crippen LogP contribution in [0.5, 0.6) is 0 Å². The van der Waals surface area contributed by atoms with Crippen LogP contribution in [0, 0.1) is 11.6 Å². The number of hydrogen-bond donors (Lipinski definition) is 1. The van der Waals surface area contributed by atoms with E-state index in [1.165, 1.54) is 12.1 Å². The minimum atomic E-state index is -0.513. The van der Waals surface area contributed by atoms with Gasteiger partial charge in [0, 0.05) is 17.6 Å². The molecule has 0 spiro atoms. The Morgan fingerprint density at radius 1 is 1.05 bits per heavy atom. The normalized spacial score (nSPS) is 13.7. The van der Waals surface area contributed by atoms with Crippen LogP contribution in [0.3, 0.4) is 0 Å². The van der Waals surface area contributed by atoms with E-state index in [1.54, 1.807) is 0 Å². The molecule has 0 aliphatic carbocycles.